The third kappa shape index (κ3) is 2.59. The van der Waals surface area contributed by atoms with Crippen LogP contribution >= 0.6 is 0 Å². The van der Waals surface area contributed by atoms with Crippen molar-refractivity contribution in [2.75, 3.05) is 0 Å². The number of nitrogens with one attached hydrogen (secondary N) is 1. The molecule has 0 radical (unpaired) electrons. The van der Waals surface area contributed by atoms with Crippen LogP contribution in [0.1, 0.15) is 43.6 Å². The van der Waals surface area contributed by atoms with E-state index in [2.05, 4.69) is 10.3 Å². The van der Waals surface area contributed by atoms with Crippen LogP contribution in [0.25, 0.3) is 0 Å². The van der Waals surface area contributed by atoms with Crippen LogP contribution in [-0.4, -0.2) is 16.9 Å². The number of carbonyl (C=O) groups excluding carboxylic acids is 1. The zero-order chi connectivity index (χ0) is 14.1. The van der Waals surface area contributed by atoms with Gasteiger partial charge in [-0.3, -0.25) is 4.79 Å². The van der Waals surface area contributed by atoms with E-state index in [4.69, 9.17) is 10.2 Å². The lowest BCUT2D eigenvalue weighted by atomic mass is 9.65. The van der Waals surface area contributed by atoms with Gasteiger partial charge in [0.25, 0.3) is 0 Å². The molecule has 1 aromatic heterocycles. The Labute approximate surface area is 119 Å². The number of fused-ring (bicyclic) bond motifs is 2. The lowest BCUT2D eigenvalue weighted by molar-refractivity contribution is -0.128. The Bertz CT molecular complexity index is 471. The Balaban J connectivity index is 1.57. The minimum Gasteiger partial charge on any atom is -0.448 e. The monoisotopic (exact) mass is 277 g/mol. The van der Waals surface area contributed by atoms with Gasteiger partial charge in [-0.2, -0.15) is 0 Å². The Hall–Kier alpha value is -1.36. The third-order valence-electron chi connectivity index (χ3n) is 5.06. The van der Waals surface area contributed by atoms with Crippen LogP contribution in [0.4, 0.5) is 0 Å². The van der Waals surface area contributed by atoms with Crippen LogP contribution in [0.5, 0.6) is 0 Å². The second-order valence-corrected chi connectivity index (χ2v) is 6.27. The van der Waals surface area contributed by atoms with Gasteiger partial charge in [0.1, 0.15) is 11.5 Å². The van der Waals surface area contributed by atoms with Gasteiger partial charge in [0.05, 0.1) is 6.54 Å². The van der Waals surface area contributed by atoms with E-state index in [1.54, 1.807) is 0 Å². The van der Waals surface area contributed by atoms with Crippen LogP contribution in [0.15, 0.2) is 10.8 Å². The minimum absolute atomic E-state index is 0.123. The molecule has 0 spiro atoms. The number of nitrogens with two attached hydrogens (primary N) is 1. The number of nitrogens with zero attached hydrogens (tertiary/aromatic N) is 1. The number of hydrogen-bond acceptors (Lipinski definition) is 4. The van der Waals surface area contributed by atoms with E-state index in [1.165, 1.54) is 25.7 Å². The van der Waals surface area contributed by atoms with E-state index < -0.39 is 0 Å². The number of aromatic nitrogens is 1. The molecule has 2 atom stereocenters. The van der Waals surface area contributed by atoms with Gasteiger partial charge in [-0.1, -0.05) is 6.42 Å². The summed E-state index contributed by atoms with van der Waals surface area (Å²) in [5, 5.41) is 3.00. The predicted octanol–water partition coefficient (Wildman–Crippen LogP) is 1.75. The number of amides is 1. The topological polar surface area (TPSA) is 81.2 Å². The molecule has 5 nitrogen and oxygen atoms in total. The van der Waals surface area contributed by atoms with Crippen molar-refractivity contribution in [2.24, 2.45) is 23.5 Å². The number of hydrogen-bond donors (Lipinski definition) is 2. The molecule has 0 saturated heterocycles. The molecule has 2 fully saturated rings. The molecule has 2 unspecified atom stereocenters. The van der Waals surface area contributed by atoms with E-state index in [9.17, 15) is 4.79 Å². The largest absolute Gasteiger partial charge is 0.448 e. The van der Waals surface area contributed by atoms with Crippen LogP contribution in [0.2, 0.25) is 0 Å². The summed E-state index contributed by atoms with van der Waals surface area (Å²) < 4.78 is 5.14. The molecule has 2 aliphatic rings. The summed E-state index contributed by atoms with van der Waals surface area (Å²) in [4.78, 5) is 16.4. The molecule has 1 amide bonds. The first-order valence-electron chi connectivity index (χ1n) is 7.57. The Morgan fingerprint density at radius 3 is 2.75 bits per heavy atom. The van der Waals surface area contributed by atoms with E-state index in [0.29, 0.717) is 24.4 Å². The summed E-state index contributed by atoms with van der Waals surface area (Å²) in [5.74, 6) is 2.11. The smallest absolute Gasteiger partial charge is 0.223 e. The van der Waals surface area contributed by atoms with Crippen molar-refractivity contribution < 1.29 is 9.21 Å². The van der Waals surface area contributed by atoms with Gasteiger partial charge >= 0.3 is 0 Å². The normalized spacial score (nSPS) is 32.9. The highest BCUT2D eigenvalue weighted by Crippen LogP contribution is 2.41. The van der Waals surface area contributed by atoms with Crippen LogP contribution in [0.3, 0.4) is 0 Å². The maximum Gasteiger partial charge on any atom is 0.223 e. The van der Waals surface area contributed by atoms with Crippen LogP contribution in [-0.2, 0) is 11.3 Å². The number of oxazole rings is 1. The first-order chi connectivity index (χ1) is 9.65. The summed E-state index contributed by atoms with van der Waals surface area (Å²) in [7, 11) is 0. The SMILES string of the molecule is Cc1ocnc1CNC(=O)C1CC2CCCC(C1)C2N. The molecule has 20 heavy (non-hydrogen) atoms. The summed E-state index contributed by atoms with van der Waals surface area (Å²) in [6, 6.07) is 0.311. The van der Waals surface area contributed by atoms with Crippen molar-refractivity contribution in [1.82, 2.24) is 10.3 Å². The van der Waals surface area contributed by atoms with Gasteiger partial charge < -0.3 is 15.5 Å². The fraction of sp³-hybridized carbons (Fsp3) is 0.733. The van der Waals surface area contributed by atoms with E-state index in [1.807, 2.05) is 6.92 Å². The maximum atomic E-state index is 12.3. The van der Waals surface area contributed by atoms with Gasteiger partial charge in [0.2, 0.25) is 5.91 Å². The second kappa shape index (κ2) is 5.56. The van der Waals surface area contributed by atoms with Crippen molar-refractivity contribution in [3.8, 4) is 0 Å². The van der Waals surface area contributed by atoms with Crippen molar-refractivity contribution in [3.63, 3.8) is 0 Å². The zero-order valence-electron chi connectivity index (χ0n) is 12.0. The third-order valence-corrected chi connectivity index (χ3v) is 5.06. The molecule has 2 saturated carbocycles. The standard InChI is InChI=1S/C15H23N3O2/c1-9-13(18-8-20-9)7-17-15(19)12-5-10-3-2-4-11(6-12)14(10)16/h8,10-12,14H,2-7,16H2,1H3,(H,17,19). The zero-order valence-corrected chi connectivity index (χ0v) is 12.0. The lowest BCUT2D eigenvalue weighted by Gasteiger charge is -2.43. The van der Waals surface area contributed by atoms with Gasteiger partial charge in [-0.25, -0.2) is 4.98 Å². The molecule has 0 aromatic carbocycles. The average molecular weight is 277 g/mol. The van der Waals surface area contributed by atoms with Crippen molar-refractivity contribution in [1.29, 1.82) is 0 Å². The molecule has 2 aliphatic carbocycles. The Kier molecular flexibility index (Phi) is 3.78. The fourth-order valence-electron chi connectivity index (χ4n) is 3.82. The minimum atomic E-state index is 0.123. The molecule has 1 heterocycles. The van der Waals surface area contributed by atoms with Crippen LogP contribution < -0.4 is 11.1 Å². The summed E-state index contributed by atoms with van der Waals surface area (Å²) in [6.07, 6.45) is 6.95. The van der Waals surface area contributed by atoms with Crippen LogP contribution in [0, 0.1) is 24.7 Å². The average Bonchev–Trinajstić information content (AvgIpc) is 2.81. The Morgan fingerprint density at radius 2 is 2.15 bits per heavy atom. The highest BCUT2D eigenvalue weighted by Gasteiger charge is 2.40. The summed E-state index contributed by atoms with van der Waals surface area (Å²) >= 11 is 0. The molecule has 3 rings (SSSR count). The first kappa shape index (κ1) is 13.6. The van der Waals surface area contributed by atoms with E-state index in [0.717, 1.165) is 24.3 Å². The van der Waals surface area contributed by atoms with E-state index >= 15 is 0 Å². The summed E-state index contributed by atoms with van der Waals surface area (Å²) in [5.41, 5.74) is 7.07. The molecule has 1 aromatic rings. The second-order valence-electron chi connectivity index (χ2n) is 6.27. The molecule has 110 valence electrons. The van der Waals surface area contributed by atoms with Gasteiger partial charge in [0.15, 0.2) is 6.39 Å². The number of rotatable bonds is 3. The molecule has 5 heteroatoms. The molecule has 2 bridgehead atoms. The van der Waals surface area contributed by atoms with E-state index in [-0.39, 0.29) is 11.8 Å². The number of aryl methyl sites for hydroxylation is 1. The highest BCUT2D eigenvalue weighted by molar-refractivity contribution is 5.78. The summed E-state index contributed by atoms with van der Waals surface area (Å²) in [6.45, 7) is 2.32. The molecule has 3 N–H and O–H groups in total. The fourth-order valence-corrected chi connectivity index (χ4v) is 3.82. The first-order valence-corrected chi connectivity index (χ1v) is 7.57. The molecule has 0 aliphatic heterocycles. The predicted molar refractivity (Wildman–Crippen MR) is 74.6 cm³/mol. The van der Waals surface area contributed by atoms with Crippen molar-refractivity contribution in [2.45, 2.75) is 51.6 Å². The van der Waals surface area contributed by atoms with Crippen molar-refractivity contribution >= 4 is 5.91 Å². The van der Waals surface area contributed by atoms with Gasteiger partial charge in [0, 0.05) is 12.0 Å². The van der Waals surface area contributed by atoms with Crippen molar-refractivity contribution in [3.05, 3.63) is 17.8 Å². The molecular weight excluding hydrogens is 254 g/mol. The van der Waals surface area contributed by atoms with Gasteiger partial charge in [-0.15, -0.1) is 0 Å². The lowest BCUT2D eigenvalue weighted by Crippen LogP contribution is -2.49. The Morgan fingerprint density at radius 1 is 1.45 bits per heavy atom. The molecular formula is C15H23N3O2. The highest BCUT2D eigenvalue weighted by atomic mass is 16.3. The van der Waals surface area contributed by atoms with Gasteiger partial charge in [-0.05, 0) is 44.4 Å². The maximum absolute atomic E-state index is 12.3. The number of carbonyl (C=O) groups is 1. The quantitative estimate of drug-likeness (QED) is 0.882.